The van der Waals surface area contributed by atoms with Crippen LogP contribution in [0.15, 0.2) is 78.9 Å². The van der Waals surface area contributed by atoms with Gasteiger partial charge in [-0.05, 0) is 35.2 Å². The Morgan fingerprint density at radius 2 is 1.56 bits per heavy atom. The smallest absolute Gasteiger partial charge is 0.231 e. The molecular formula is C24H26N2O5S. The zero-order valence-corrected chi connectivity index (χ0v) is 18.2. The minimum atomic E-state index is -4.37. The molecule has 0 fully saturated rings. The normalized spacial score (nSPS) is 16.8. The molecule has 5 N–H and O–H groups in total. The molecule has 3 aromatic carbocycles. The fourth-order valence-corrected chi connectivity index (χ4v) is 6.10. The molecular weight excluding hydrogens is 428 g/mol. The number of hydrogen-bond acceptors (Lipinski definition) is 6. The molecule has 0 amide bonds. The lowest BCUT2D eigenvalue weighted by Crippen LogP contribution is -2.56. The van der Waals surface area contributed by atoms with Crippen LogP contribution in [-0.4, -0.2) is 33.0 Å². The number of ether oxygens (including phenoxy) is 2. The Balaban J connectivity index is 2.00. The quantitative estimate of drug-likeness (QED) is 0.479. The van der Waals surface area contributed by atoms with E-state index in [2.05, 4.69) is 0 Å². The van der Waals surface area contributed by atoms with E-state index in [1.807, 2.05) is 30.3 Å². The molecule has 0 aromatic heterocycles. The topological polar surface area (TPSA) is 125 Å². The number of aliphatic hydroxyl groups excluding tert-OH is 1. The maximum atomic E-state index is 13.4. The lowest BCUT2D eigenvalue weighted by molar-refractivity contribution is 0.113. The van der Waals surface area contributed by atoms with Crippen LogP contribution in [0.1, 0.15) is 22.6 Å². The molecule has 0 saturated heterocycles. The molecule has 1 heterocycles. The van der Waals surface area contributed by atoms with Gasteiger partial charge in [-0.1, -0.05) is 66.7 Å². The summed E-state index contributed by atoms with van der Waals surface area (Å²) in [5, 5.41) is 17.1. The van der Waals surface area contributed by atoms with Crippen molar-refractivity contribution in [1.82, 2.24) is 0 Å². The summed E-state index contributed by atoms with van der Waals surface area (Å²) in [6.07, 6.45) is -1.16. The summed E-state index contributed by atoms with van der Waals surface area (Å²) in [5.74, 6) is 0.321. The number of rotatable bonds is 8. The van der Waals surface area contributed by atoms with Crippen molar-refractivity contribution in [3.63, 3.8) is 0 Å². The number of sulfonamides is 1. The maximum Gasteiger partial charge on any atom is 0.231 e. The van der Waals surface area contributed by atoms with E-state index in [4.69, 9.17) is 20.3 Å². The van der Waals surface area contributed by atoms with Gasteiger partial charge in [0.1, 0.15) is 4.75 Å². The SMILES string of the molecule is NCC(O)C(c1ccccc1)(C(Cc1ccccc1)c1ccc2c(c1)OCO2)S(N)(=O)=O. The van der Waals surface area contributed by atoms with Gasteiger partial charge in [-0.2, -0.15) is 0 Å². The van der Waals surface area contributed by atoms with Crippen molar-refractivity contribution in [2.45, 2.75) is 23.2 Å². The number of primary sulfonamides is 1. The summed E-state index contributed by atoms with van der Waals surface area (Å²) >= 11 is 0. The second kappa shape index (κ2) is 8.91. The highest BCUT2D eigenvalue weighted by Crippen LogP contribution is 2.48. The van der Waals surface area contributed by atoms with Crippen LogP contribution in [0.4, 0.5) is 0 Å². The van der Waals surface area contributed by atoms with E-state index in [-0.39, 0.29) is 13.3 Å². The second-order valence-electron chi connectivity index (χ2n) is 7.81. The van der Waals surface area contributed by atoms with E-state index < -0.39 is 26.8 Å². The molecule has 1 aliphatic heterocycles. The minimum Gasteiger partial charge on any atom is -0.454 e. The summed E-state index contributed by atoms with van der Waals surface area (Å²) < 4.78 is 35.9. The minimum absolute atomic E-state index is 0.0899. The first kappa shape index (κ1) is 22.3. The standard InChI is InChI=1S/C24H26N2O5S/c25-15-23(27)24(32(26,28)29,19-9-5-2-6-10-19)20(13-17-7-3-1-4-8-17)18-11-12-21-22(14-18)31-16-30-21/h1-12,14,20,23,27H,13,15-16,25H2,(H2,26,28,29). The van der Waals surface area contributed by atoms with Crippen molar-refractivity contribution in [2.75, 3.05) is 13.3 Å². The number of aliphatic hydroxyl groups is 1. The molecule has 8 heteroatoms. The molecule has 168 valence electrons. The van der Waals surface area contributed by atoms with Crippen LogP contribution in [0, 0.1) is 0 Å². The van der Waals surface area contributed by atoms with E-state index in [1.165, 1.54) is 0 Å². The second-order valence-corrected chi connectivity index (χ2v) is 9.58. The number of nitrogens with two attached hydrogens (primary N) is 2. The van der Waals surface area contributed by atoms with Crippen LogP contribution < -0.4 is 20.3 Å². The Kier molecular flexibility index (Phi) is 6.21. The van der Waals surface area contributed by atoms with E-state index in [1.54, 1.807) is 48.5 Å². The van der Waals surface area contributed by atoms with Gasteiger partial charge in [-0.3, -0.25) is 0 Å². The average Bonchev–Trinajstić information content (AvgIpc) is 3.27. The Labute approximate surface area is 187 Å². The van der Waals surface area contributed by atoms with Crippen LogP contribution in [0.2, 0.25) is 0 Å². The van der Waals surface area contributed by atoms with Crippen molar-refractivity contribution in [3.05, 3.63) is 95.6 Å². The molecule has 0 saturated carbocycles. The van der Waals surface area contributed by atoms with Gasteiger partial charge in [0.15, 0.2) is 11.5 Å². The molecule has 0 bridgehead atoms. The highest BCUT2D eigenvalue weighted by molar-refractivity contribution is 7.90. The van der Waals surface area contributed by atoms with E-state index in [0.717, 1.165) is 5.56 Å². The molecule has 1 aliphatic rings. The predicted molar refractivity (Wildman–Crippen MR) is 122 cm³/mol. The summed E-state index contributed by atoms with van der Waals surface area (Å²) in [6, 6.07) is 23.3. The van der Waals surface area contributed by atoms with E-state index in [0.29, 0.717) is 29.0 Å². The first-order valence-corrected chi connectivity index (χ1v) is 11.8. The van der Waals surface area contributed by atoms with Gasteiger partial charge in [0.25, 0.3) is 0 Å². The molecule has 4 rings (SSSR count). The van der Waals surface area contributed by atoms with Crippen molar-refractivity contribution >= 4 is 10.0 Å². The third-order valence-corrected chi connectivity index (χ3v) is 7.75. The first-order valence-electron chi connectivity index (χ1n) is 10.3. The van der Waals surface area contributed by atoms with Gasteiger partial charge in [0.2, 0.25) is 16.8 Å². The zero-order valence-electron chi connectivity index (χ0n) is 17.4. The van der Waals surface area contributed by atoms with Crippen molar-refractivity contribution in [1.29, 1.82) is 0 Å². The molecule has 0 spiro atoms. The van der Waals surface area contributed by atoms with E-state index in [9.17, 15) is 13.5 Å². The van der Waals surface area contributed by atoms with Crippen LogP contribution in [-0.2, 0) is 21.2 Å². The predicted octanol–water partition coefficient (Wildman–Crippen LogP) is 2.25. The Bertz CT molecular complexity index is 1170. The van der Waals surface area contributed by atoms with Gasteiger partial charge in [0.05, 0.1) is 6.10 Å². The van der Waals surface area contributed by atoms with Gasteiger partial charge in [0, 0.05) is 12.5 Å². The van der Waals surface area contributed by atoms with Crippen molar-refractivity contribution < 1.29 is 23.0 Å². The van der Waals surface area contributed by atoms with Crippen molar-refractivity contribution in [2.24, 2.45) is 10.9 Å². The third kappa shape index (κ3) is 3.86. The number of hydrogen-bond donors (Lipinski definition) is 3. The largest absolute Gasteiger partial charge is 0.454 e. The van der Waals surface area contributed by atoms with Crippen LogP contribution in [0.3, 0.4) is 0 Å². The number of benzene rings is 3. The molecule has 3 aromatic rings. The first-order chi connectivity index (χ1) is 15.4. The summed E-state index contributed by atoms with van der Waals surface area (Å²) in [6.45, 7) is -0.201. The van der Waals surface area contributed by atoms with Crippen LogP contribution >= 0.6 is 0 Å². The molecule has 3 atom stereocenters. The third-order valence-electron chi connectivity index (χ3n) is 6.01. The lowest BCUT2D eigenvalue weighted by atomic mass is 9.74. The Morgan fingerprint density at radius 3 is 2.19 bits per heavy atom. The average molecular weight is 455 g/mol. The monoisotopic (exact) mass is 454 g/mol. The van der Waals surface area contributed by atoms with Gasteiger partial charge < -0.3 is 20.3 Å². The summed E-state index contributed by atoms with van der Waals surface area (Å²) in [4.78, 5) is 0. The summed E-state index contributed by atoms with van der Waals surface area (Å²) in [7, 11) is -4.37. The molecule has 0 radical (unpaired) electrons. The molecule has 7 nitrogen and oxygen atoms in total. The molecule has 32 heavy (non-hydrogen) atoms. The number of fused-ring (bicyclic) bond motifs is 1. The van der Waals surface area contributed by atoms with E-state index >= 15 is 0 Å². The van der Waals surface area contributed by atoms with Crippen LogP contribution in [0.5, 0.6) is 11.5 Å². The highest BCUT2D eigenvalue weighted by atomic mass is 32.2. The zero-order chi connectivity index (χ0) is 22.8. The molecule has 3 unspecified atom stereocenters. The maximum absolute atomic E-state index is 13.4. The van der Waals surface area contributed by atoms with Gasteiger partial charge >= 0.3 is 0 Å². The highest BCUT2D eigenvalue weighted by Gasteiger charge is 2.55. The van der Waals surface area contributed by atoms with Crippen LogP contribution in [0.25, 0.3) is 0 Å². The van der Waals surface area contributed by atoms with Gasteiger partial charge in [-0.25, -0.2) is 13.6 Å². The fraction of sp³-hybridized carbons (Fsp3) is 0.250. The summed E-state index contributed by atoms with van der Waals surface area (Å²) in [5.41, 5.74) is 7.79. The lowest BCUT2D eigenvalue weighted by Gasteiger charge is -2.42. The Hall–Kier alpha value is -2.91. The Morgan fingerprint density at radius 1 is 0.938 bits per heavy atom. The van der Waals surface area contributed by atoms with Gasteiger partial charge in [-0.15, -0.1) is 0 Å². The fourth-order valence-electron chi connectivity index (χ4n) is 4.55. The molecule has 0 aliphatic carbocycles. The van der Waals surface area contributed by atoms with Crippen molar-refractivity contribution in [3.8, 4) is 11.5 Å².